The van der Waals surface area contributed by atoms with Crippen molar-refractivity contribution in [1.82, 2.24) is 0 Å². The number of aryl methyl sites for hydroxylation is 1. The van der Waals surface area contributed by atoms with Gasteiger partial charge in [-0.25, -0.2) is 0 Å². The summed E-state index contributed by atoms with van der Waals surface area (Å²) in [5.41, 5.74) is -0.327. The molecular formula is C11H14O4. The maximum atomic E-state index is 11.4. The minimum atomic E-state index is -0.428. The molecule has 0 fully saturated rings. The molecule has 0 atom stereocenters. The van der Waals surface area contributed by atoms with Gasteiger partial charge in [0.05, 0.1) is 12.2 Å². The summed E-state index contributed by atoms with van der Waals surface area (Å²) in [5, 5.41) is 0. The Balaban J connectivity index is 3.03. The largest absolute Gasteiger partial charge is 0.465 e. The van der Waals surface area contributed by atoms with E-state index >= 15 is 0 Å². The minimum absolute atomic E-state index is 0.0127. The molecule has 82 valence electrons. The molecule has 0 radical (unpaired) electrons. The van der Waals surface area contributed by atoms with Crippen molar-refractivity contribution in [1.29, 1.82) is 0 Å². The third kappa shape index (κ3) is 2.68. The molecule has 4 nitrogen and oxygen atoms in total. The number of hydrogen-bond acceptors (Lipinski definition) is 4. The summed E-state index contributed by atoms with van der Waals surface area (Å²) in [6.07, 6.45) is 1.81. The van der Waals surface area contributed by atoms with Gasteiger partial charge in [-0.15, -0.1) is 0 Å². The normalized spacial score (nSPS) is 10.4. The Hall–Kier alpha value is -1.58. The standard InChI is InChI=1S/C11H14O4/c1-4-9-10(8(12)5-6-14-9)15-11(13)7(2)3/h5-7H,4H2,1-3H3. The topological polar surface area (TPSA) is 56.5 Å². The van der Waals surface area contributed by atoms with Gasteiger partial charge in [-0.2, -0.15) is 0 Å². The lowest BCUT2D eigenvalue weighted by Gasteiger charge is -2.07. The zero-order valence-corrected chi connectivity index (χ0v) is 9.07. The van der Waals surface area contributed by atoms with Crippen molar-refractivity contribution in [3.8, 4) is 5.75 Å². The van der Waals surface area contributed by atoms with E-state index in [0.29, 0.717) is 12.2 Å². The Labute approximate surface area is 87.9 Å². The van der Waals surface area contributed by atoms with Gasteiger partial charge in [-0.1, -0.05) is 20.8 Å². The van der Waals surface area contributed by atoms with Crippen LogP contribution in [0, 0.1) is 5.92 Å². The van der Waals surface area contributed by atoms with Gasteiger partial charge in [0.15, 0.2) is 0 Å². The van der Waals surface area contributed by atoms with Crippen LogP contribution in [0.5, 0.6) is 5.75 Å². The number of esters is 1. The second-order valence-electron chi connectivity index (χ2n) is 3.47. The first-order chi connectivity index (χ1) is 7.06. The molecular weight excluding hydrogens is 196 g/mol. The molecule has 1 aromatic rings. The molecule has 0 N–H and O–H groups in total. The average Bonchev–Trinajstić information content (AvgIpc) is 2.20. The van der Waals surface area contributed by atoms with Crippen molar-refractivity contribution >= 4 is 5.97 Å². The van der Waals surface area contributed by atoms with E-state index in [-0.39, 0.29) is 17.1 Å². The van der Waals surface area contributed by atoms with Crippen molar-refractivity contribution in [2.45, 2.75) is 27.2 Å². The number of carbonyl (C=O) groups is 1. The van der Waals surface area contributed by atoms with Gasteiger partial charge >= 0.3 is 5.97 Å². The molecule has 0 aromatic carbocycles. The second kappa shape index (κ2) is 4.77. The highest BCUT2D eigenvalue weighted by molar-refractivity contribution is 5.74. The van der Waals surface area contributed by atoms with Gasteiger partial charge in [0.2, 0.25) is 11.2 Å². The van der Waals surface area contributed by atoms with Crippen LogP contribution in [0.1, 0.15) is 26.5 Å². The zero-order valence-electron chi connectivity index (χ0n) is 9.07. The Morgan fingerprint density at radius 3 is 2.73 bits per heavy atom. The van der Waals surface area contributed by atoms with E-state index in [9.17, 15) is 9.59 Å². The molecule has 0 saturated heterocycles. The van der Waals surface area contributed by atoms with Crippen LogP contribution >= 0.6 is 0 Å². The fourth-order valence-corrected chi connectivity index (χ4v) is 1.01. The second-order valence-corrected chi connectivity index (χ2v) is 3.47. The highest BCUT2D eigenvalue weighted by Gasteiger charge is 2.16. The van der Waals surface area contributed by atoms with Gasteiger partial charge in [0.1, 0.15) is 5.76 Å². The summed E-state index contributed by atoms with van der Waals surface area (Å²) in [4.78, 5) is 22.7. The molecule has 15 heavy (non-hydrogen) atoms. The summed E-state index contributed by atoms with van der Waals surface area (Å²) in [7, 11) is 0. The van der Waals surface area contributed by atoms with Crippen LogP contribution in [0.25, 0.3) is 0 Å². The van der Waals surface area contributed by atoms with Crippen LogP contribution in [0.2, 0.25) is 0 Å². The van der Waals surface area contributed by atoms with Crippen LogP contribution < -0.4 is 10.2 Å². The lowest BCUT2D eigenvalue weighted by molar-refractivity contribution is -0.138. The highest BCUT2D eigenvalue weighted by Crippen LogP contribution is 2.14. The predicted molar refractivity (Wildman–Crippen MR) is 54.8 cm³/mol. The summed E-state index contributed by atoms with van der Waals surface area (Å²) >= 11 is 0. The Bertz CT molecular complexity index is 403. The smallest absolute Gasteiger partial charge is 0.314 e. The lowest BCUT2D eigenvalue weighted by atomic mass is 10.2. The lowest BCUT2D eigenvalue weighted by Crippen LogP contribution is -2.20. The van der Waals surface area contributed by atoms with Crippen molar-refractivity contribution < 1.29 is 13.9 Å². The monoisotopic (exact) mass is 210 g/mol. The molecule has 0 aliphatic heterocycles. The Morgan fingerprint density at radius 1 is 1.53 bits per heavy atom. The molecule has 0 saturated carbocycles. The Kier molecular flexibility index (Phi) is 3.66. The minimum Gasteiger partial charge on any atom is -0.465 e. The van der Waals surface area contributed by atoms with Crippen LogP contribution in [-0.4, -0.2) is 5.97 Å². The third-order valence-electron chi connectivity index (χ3n) is 1.90. The first-order valence-electron chi connectivity index (χ1n) is 4.88. The SMILES string of the molecule is CCc1occc(=O)c1OC(=O)C(C)C. The van der Waals surface area contributed by atoms with Gasteiger partial charge < -0.3 is 9.15 Å². The van der Waals surface area contributed by atoms with E-state index in [4.69, 9.17) is 9.15 Å². The fourth-order valence-electron chi connectivity index (χ4n) is 1.01. The number of ether oxygens (including phenoxy) is 1. The Morgan fingerprint density at radius 2 is 2.20 bits per heavy atom. The molecule has 0 aliphatic carbocycles. The van der Waals surface area contributed by atoms with Gasteiger partial charge in [0, 0.05) is 12.5 Å². The quantitative estimate of drug-likeness (QED) is 0.713. The molecule has 4 heteroatoms. The van der Waals surface area contributed by atoms with Crippen LogP contribution in [0.4, 0.5) is 0 Å². The maximum absolute atomic E-state index is 11.4. The van der Waals surface area contributed by atoms with Crippen molar-refractivity contribution in [3.63, 3.8) is 0 Å². The van der Waals surface area contributed by atoms with Crippen LogP contribution in [-0.2, 0) is 11.2 Å². The number of hydrogen-bond donors (Lipinski definition) is 0. The van der Waals surface area contributed by atoms with Gasteiger partial charge in [-0.3, -0.25) is 9.59 Å². The predicted octanol–water partition coefficient (Wildman–Crippen LogP) is 1.76. The van der Waals surface area contributed by atoms with Crippen LogP contribution in [0.3, 0.4) is 0 Å². The summed E-state index contributed by atoms with van der Waals surface area (Å²) in [6.45, 7) is 5.24. The van der Waals surface area contributed by atoms with Crippen molar-refractivity contribution in [2.24, 2.45) is 5.92 Å². The van der Waals surface area contributed by atoms with E-state index in [1.54, 1.807) is 13.8 Å². The molecule has 0 aliphatic rings. The molecule has 0 amide bonds. The van der Waals surface area contributed by atoms with E-state index in [2.05, 4.69) is 0 Å². The van der Waals surface area contributed by atoms with Gasteiger partial charge in [0.25, 0.3) is 0 Å². The van der Waals surface area contributed by atoms with E-state index < -0.39 is 5.97 Å². The maximum Gasteiger partial charge on any atom is 0.314 e. The fraction of sp³-hybridized carbons (Fsp3) is 0.455. The number of carbonyl (C=O) groups excluding carboxylic acids is 1. The van der Waals surface area contributed by atoms with E-state index in [0.717, 1.165) is 0 Å². The molecule has 1 aromatic heterocycles. The molecule has 1 heterocycles. The van der Waals surface area contributed by atoms with Crippen LogP contribution in [0.15, 0.2) is 21.5 Å². The number of rotatable bonds is 3. The first-order valence-corrected chi connectivity index (χ1v) is 4.88. The summed E-state index contributed by atoms with van der Waals surface area (Å²) in [6, 6.07) is 1.24. The average molecular weight is 210 g/mol. The molecule has 0 spiro atoms. The molecule has 1 rings (SSSR count). The highest BCUT2D eigenvalue weighted by atomic mass is 16.5. The molecule has 0 bridgehead atoms. The van der Waals surface area contributed by atoms with Crippen molar-refractivity contribution in [3.05, 3.63) is 28.3 Å². The summed E-state index contributed by atoms with van der Waals surface area (Å²) < 4.78 is 10.1. The third-order valence-corrected chi connectivity index (χ3v) is 1.90. The van der Waals surface area contributed by atoms with E-state index in [1.165, 1.54) is 12.3 Å². The molecule has 0 unspecified atom stereocenters. The van der Waals surface area contributed by atoms with Gasteiger partial charge in [-0.05, 0) is 0 Å². The van der Waals surface area contributed by atoms with Crippen molar-refractivity contribution in [2.75, 3.05) is 0 Å². The van der Waals surface area contributed by atoms with E-state index in [1.807, 2.05) is 6.92 Å². The summed E-state index contributed by atoms with van der Waals surface area (Å²) in [5.74, 6) is -0.285. The first kappa shape index (κ1) is 11.5. The zero-order chi connectivity index (χ0) is 11.4.